The number of benzene rings is 3. The van der Waals surface area contributed by atoms with Gasteiger partial charge >= 0.3 is 13.3 Å². The summed E-state index contributed by atoms with van der Waals surface area (Å²) in [5.41, 5.74) is 1.62. The molecule has 1 N–H and O–H groups in total. The van der Waals surface area contributed by atoms with Crippen LogP contribution in [0.4, 0.5) is 0 Å². The Bertz CT molecular complexity index is 1070. The van der Waals surface area contributed by atoms with E-state index in [0.29, 0.717) is 11.1 Å². The van der Waals surface area contributed by atoms with Crippen molar-refractivity contribution in [3.63, 3.8) is 0 Å². The van der Waals surface area contributed by atoms with Crippen LogP contribution in [0.2, 0.25) is 0 Å². The maximum atomic E-state index is 14.0. The number of phenolic OH excluding ortho intramolecular Hbond substituents is 1. The molecule has 5 nitrogen and oxygen atoms in total. The summed E-state index contributed by atoms with van der Waals surface area (Å²) in [7, 11) is -3.65. The zero-order chi connectivity index (χ0) is 18.3. The number of aromatic hydroxyl groups is 1. The fraction of sp³-hybridized carbons (Fsp3) is 0.0500. The maximum Gasteiger partial charge on any atom is 0.311 e. The second-order valence-electron chi connectivity index (χ2n) is 5.90. The molecule has 0 spiro atoms. The van der Waals surface area contributed by atoms with Gasteiger partial charge in [0.2, 0.25) is 0 Å². The molecule has 3 aromatic carbocycles. The largest absolute Gasteiger partial charge is 0.508 e. The first-order valence-corrected chi connectivity index (χ1v) is 9.62. The highest BCUT2D eigenvalue weighted by Crippen LogP contribution is 2.55. The van der Waals surface area contributed by atoms with Crippen LogP contribution >= 0.6 is 7.37 Å². The van der Waals surface area contributed by atoms with Gasteiger partial charge in [-0.3, -0.25) is 9.36 Å². The molecule has 0 aromatic heterocycles. The summed E-state index contributed by atoms with van der Waals surface area (Å²) in [5.74, 6) is -0.0558. The van der Waals surface area contributed by atoms with E-state index in [0.717, 1.165) is 11.1 Å². The molecule has 0 fully saturated rings. The Labute approximate surface area is 150 Å². The van der Waals surface area contributed by atoms with Crippen LogP contribution in [0.25, 0.3) is 11.1 Å². The predicted molar refractivity (Wildman–Crippen MR) is 98.8 cm³/mol. The summed E-state index contributed by atoms with van der Waals surface area (Å²) in [6.45, 7) is 1.26. The lowest BCUT2D eigenvalue weighted by atomic mass is 10.0. The van der Waals surface area contributed by atoms with Gasteiger partial charge < -0.3 is 14.4 Å². The molecule has 1 heterocycles. The van der Waals surface area contributed by atoms with E-state index in [4.69, 9.17) is 9.26 Å². The number of para-hydroxylation sites is 1. The van der Waals surface area contributed by atoms with Gasteiger partial charge in [-0.1, -0.05) is 36.4 Å². The minimum absolute atomic E-state index is 0.0916. The van der Waals surface area contributed by atoms with E-state index in [-0.39, 0.29) is 16.8 Å². The zero-order valence-corrected chi connectivity index (χ0v) is 14.8. The van der Waals surface area contributed by atoms with Crippen LogP contribution in [0.1, 0.15) is 6.92 Å². The number of carbonyl (C=O) groups excluding carboxylic acids is 1. The quantitative estimate of drug-likeness (QED) is 0.426. The van der Waals surface area contributed by atoms with Crippen LogP contribution in [0.15, 0.2) is 66.7 Å². The Morgan fingerprint density at radius 2 is 1.65 bits per heavy atom. The van der Waals surface area contributed by atoms with Gasteiger partial charge in [-0.2, -0.15) is 0 Å². The fourth-order valence-corrected chi connectivity index (χ4v) is 5.47. The van der Waals surface area contributed by atoms with Crippen molar-refractivity contribution in [2.45, 2.75) is 6.92 Å². The molecule has 0 amide bonds. The SMILES string of the molecule is CC(=O)Oc1ccc(O)cc1P1(=O)Oc2ccccc2-c2ccccc21. The second-order valence-corrected chi connectivity index (χ2v) is 8.15. The lowest BCUT2D eigenvalue weighted by molar-refractivity contribution is -0.131. The number of ether oxygens (including phenoxy) is 1. The Balaban J connectivity index is 2.00. The average Bonchev–Trinajstić information content (AvgIpc) is 2.63. The summed E-state index contributed by atoms with van der Waals surface area (Å²) in [5, 5.41) is 10.6. The Hall–Kier alpha value is -3.04. The van der Waals surface area contributed by atoms with Crippen LogP contribution in [-0.4, -0.2) is 11.1 Å². The molecular formula is C20H15O5P. The molecule has 0 aliphatic carbocycles. The Morgan fingerprint density at radius 1 is 0.962 bits per heavy atom. The lowest BCUT2D eigenvalue weighted by Crippen LogP contribution is -2.27. The van der Waals surface area contributed by atoms with Crippen molar-refractivity contribution in [3.05, 3.63) is 66.7 Å². The number of esters is 1. The first-order chi connectivity index (χ1) is 12.5. The van der Waals surface area contributed by atoms with E-state index in [2.05, 4.69) is 0 Å². The summed E-state index contributed by atoms with van der Waals surface area (Å²) < 4.78 is 25.2. The summed E-state index contributed by atoms with van der Waals surface area (Å²) in [4.78, 5) is 11.5. The number of phenols is 1. The molecule has 1 unspecified atom stereocenters. The third kappa shape index (κ3) is 2.57. The van der Waals surface area contributed by atoms with Crippen molar-refractivity contribution in [2.75, 3.05) is 0 Å². The second kappa shape index (κ2) is 6.04. The first kappa shape index (κ1) is 16.4. The molecule has 0 saturated heterocycles. The van der Waals surface area contributed by atoms with E-state index in [1.165, 1.54) is 25.1 Å². The smallest absolute Gasteiger partial charge is 0.311 e. The molecule has 130 valence electrons. The average molecular weight is 366 g/mol. The molecule has 3 aromatic rings. The van der Waals surface area contributed by atoms with Crippen molar-refractivity contribution >= 4 is 23.9 Å². The van der Waals surface area contributed by atoms with E-state index in [1.54, 1.807) is 24.3 Å². The number of carbonyl (C=O) groups is 1. The van der Waals surface area contributed by atoms with Crippen molar-refractivity contribution in [1.29, 1.82) is 0 Å². The first-order valence-electron chi connectivity index (χ1n) is 8.00. The van der Waals surface area contributed by atoms with Gasteiger partial charge in [0, 0.05) is 12.5 Å². The van der Waals surface area contributed by atoms with Crippen molar-refractivity contribution in [1.82, 2.24) is 0 Å². The fourth-order valence-electron chi connectivity index (χ4n) is 3.07. The van der Waals surface area contributed by atoms with Crippen LogP contribution in [0, 0.1) is 0 Å². The minimum Gasteiger partial charge on any atom is -0.508 e. The lowest BCUT2D eigenvalue weighted by Gasteiger charge is -2.29. The highest BCUT2D eigenvalue weighted by atomic mass is 31.2. The number of hydrogen-bond donors (Lipinski definition) is 1. The number of fused-ring (bicyclic) bond motifs is 3. The standard InChI is InChI=1S/C20H15O5P/c1-13(21)24-18-11-10-14(22)12-20(18)26(23)19-9-5-3-7-16(19)15-6-2-4-8-17(15)25-26/h2-12,22H,1H3. The normalized spacial score (nSPS) is 17.6. The van der Waals surface area contributed by atoms with Crippen LogP contribution in [-0.2, 0) is 9.36 Å². The van der Waals surface area contributed by atoms with Gasteiger partial charge in [0.25, 0.3) is 0 Å². The van der Waals surface area contributed by atoms with E-state index < -0.39 is 13.3 Å². The Kier molecular flexibility index (Phi) is 3.82. The highest BCUT2D eigenvalue weighted by Gasteiger charge is 2.40. The summed E-state index contributed by atoms with van der Waals surface area (Å²) in [6.07, 6.45) is 0. The molecule has 1 aliphatic heterocycles. The van der Waals surface area contributed by atoms with Crippen LogP contribution in [0.3, 0.4) is 0 Å². The van der Waals surface area contributed by atoms with Gasteiger partial charge in [-0.05, 0) is 35.9 Å². The predicted octanol–water partition coefficient (Wildman–Crippen LogP) is 3.61. The Morgan fingerprint density at radius 3 is 2.42 bits per heavy atom. The molecule has 0 saturated carbocycles. The molecule has 4 rings (SSSR count). The molecule has 0 radical (unpaired) electrons. The maximum absolute atomic E-state index is 14.0. The molecular weight excluding hydrogens is 351 g/mol. The zero-order valence-electron chi connectivity index (χ0n) is 13.9. The van der Waals surface area contributed by atoms with Crippen LogP contribution in [0.5, 0.6) is 17.2 Å². The van der Waals surface area contributed by atoms with E-state index in [1.807, 2.05) is 24.3 Å². The van der Waals surface area contributed by atoms with E-state index in [9.17, 15) is 14.5 Å². The van der Waals surface area contributed by atoms with Gasteiger partial charge in [0.05, 0.1) is 10.6 Å². The molecule has 26 heavy (non-hydrogen) atoms. The number of hydrogen-bond acceptors (Lipinski definition) is 5. The third-order valence-corrected chi connectivity index (χ3v) is 6.60. The minimum atomic E-state index is -3.65. The summed E-state index contributed by atoms with van der Waals surface area (Å²) in [6, 6.07) is 18.7. The highest BCUT2D eigenvalue weighted by molar-refractivity contribution is 7.75. The molecule has 6 heteroatoms. The van der Waals surface area contributed by atoms with Crippen molar-refractivity contribution in [2.24, 2.45) is 0 Å². The van der Waals surface area contributed by atoms with Gasteiger partial charge in [0.1, 0.15) is 17.2 Å². The van der Waals surface area contributed by atoms with Crippen LogP contribution < -0.4 is 19.9 Å². The third-order valence-electron chi connectivity index (χ3n) is 4.14. The topological polar surface area (TPSA) is 72.8 Å². The van der Waals surface area contributed by atoms with Gasteiger partial charge in [-0.15, -0.1) is 0 Å². The van der Waals surface area contributed by atoms with Crippen molar-refractivity contribution < 1.29 is 23.7 Å². The van der Waals surface area contributed by atoms with Gasteiger partial charge in [-0.25, -0.2) is 0 Å². The summed E-state index contributed by atoms with van der Waals surface area (Å²) >= 11 is 0. The monoisotopic (exact) mass is 366 g/mol. The molecule has 1 atom stereocenters. The molecule has 1 aliphatic rings. The number of rotatable bonds is 2. The molecule has 0 bridgehead atoms. The van der Waals surface area contributed by atoms with Crippen molar-refractivity contribution in [3.8, 4) is 28.4 Å². The van der Waals surface area contributed by atoms with Gasteiger partial charge in [0.15, 0.2) is 0 Å². The van der Waals surface area contributed by atoms with E-state index >= 15 is 0 Å².